The molecular weight excluding hydrogens is 262 g/mol. The van der Waals surface area contributed by atoms with Crippen LogP contribution in [0.5, 0.6) is 17.2 Å². The van der Waals surface area contributed by atoms with Gasteiger partial charge in [0.2, 0.25) is 0 Å². The van der Waals surface area contributed by atoms with Crippen molar-refractivity contribution in [2.45, 2.75) is 6.42 Å². The first kappa shape index (κ1) is 13.5. The summed E-state index contributed by atoms with van der Waals surface area (Å²) in [6.07, 6.45) is -0.0603. The van der Waals surface area contributed by atoms with Crippen molar-refractivity contribution < 1.29 is 20.1 Å². The first-order chi connectivity index (χ1) is 9.51. The molecule has 0 heterocycles. The number of hydrogen-bond acceptors (Lipinski definition) is 6. The molecule has 0 unspecified atom stereocenters. The molecule has 0 aliphatic rings. The molecule has 3 N–H and O–H groups in total. The number of phenols is 3. The molecule has 2 aromatic carbocycles. The van der Waals surface area contributed by atoms with Gasteiger partial charge in [0.25, 0.3) is 0 Å². The fourth-order valence-electron chi connectivity index (χ4n) is 1.82. The monoisotopic (exact) mass is 273 g/mol. The molecule has 0 aromatic heterocycles. The van der Waals surface area contributed by atoms with E-state index in [-0.39, 0.29) is 23.4 Å². The zero-order valence-electron chi connectivity index (χ0n) is 10.3. The minimum atomic E-state index is -0.511. The molecule has 102 valence electrons. The number of carbonyl (C=O) groups excluding carboxylic acids is 1. The number of ketones is 1. The van der Waals surface area contributed by atoms with Crippen LogP contribution in [0.4, 0.5) is 5.69 Å². The van der Waals surface area contributed by atoms with E-state index in [1.54, 1.807) is 12.1 Å². The Morgan fingerprint density at radius 2 is 1.55 bits per heavy atom. The van der Waals surface area contributed by atoms with Gasteiger partial charge in [-0.15, -0.1) is 4.91 Å². The number of carbonyl (C=O) groups is 1. The molecule has 0 bridgehead atoms. The largest absolute Gasteiger partial charge is 0.508 e. The number of nitrogens with zero attached hydrogens (tertiary/aromatic N) is 1. The van der Waals surface area contributed by atoms with E-state index in [9.17, 15) is 19.9 Å². The Balaban J connectivity index is 2.29. The van der Waals surface area contributed by atoms with Crippen LogP contribution in [-0.2, 0) is 6.42 Å². The average Bonchev–Trinajstić information content (AvgIpc) is 2.40. The lowest BCUT2D eigenvalue weighted by molar-refractivity contribution is 0.0987. The number of Topliss-reactive ketones (excluding diaryl/α,β-unsaturated/α-hetero) is 1. The predicted molar refractivity (Wildman–Crippen MR) is 71.4 cm³/mol. The third-order valence-electron chi connectivity index (χ3n) is 2.77. The Hall–Kier alpha value is -2.89. The zero-order valence-corrected chi connectivity index (χ0v) is 10.3. The van der Waals surface area contributed by atoms with E-state index in [2.05, 4.69) is 5.18 Å². The molecule has 0 amide bonds. The second kappa shape index (κ2) is 5.40. The second-order valence-electron chi connectivity index (χ2n) is 4.22. The third-order valence-corrected chi connectivity index (χ3v) is 2.77. The van der Waals surface area contributed by atoms with Crippen molar-refractivity contribution in [3.05, 3.63) is 52.4 Å². The summed E-state index contributed by atoms with van der Waals surface area (Å²) in [6, 6.07) is 8.00. The Kier molecular flexibility index (Phi) is 3.65. The molecule has 6 heteroatoms. The Morgan fingerprint density at radius 1 is 1.00 bits per heavy atom. The molecule has 20 heavy (non-hydrogen) atoms. The molecular formula is C14H11NO5. The van der Waals surface area contributed by atoms with Crippen LogP contribution in [0.15, 0.2) is 41.6 Å². The molecule has 0 saturated heterocycles. The van der Waals surface area contributed by atoms with Crippen LogP contribution < -0.4 is 0 Å². The number of rotatable bonds is 4. The fraction of sp³-hybridized carbons (Fsp3) is 0.0714. The van der Waals surface area contributed by atoms with Crippen molar-refractivity contribution in [3.63, 3.8) is 0 Å². The third kappa shape index (κ3) is 2.74. The van der Waals surface area contributed by atoms with Crippen molar-refractivity contribution in [2.75, 3.05) is 0 Å². The Labute approximate surface area is 113 Å². The highest BCUT2D eigenvalue weighted by molar-refractivity contribution is 6.02. The number of benzene rings is 2. The molecule has 0 fully saturated rings. The SMILES string of the molecule is O=Nc1cc(O)c(C(=O)Cc2ccc(O)cc2)c(O)c1. The van der Waals surface area contributed by atoms with Crippen LogP contribution in [0.3, 0.4) is 0 Å². The van der Waals surface area contributed by atoms with Gasteiger partial charge in [0.05, 0.1) is 0 Å². The predicted octanol–water partition coefficient (Wildman–Crippen LogP) is 2.63. The Bertz CT molecular complexity index is 641. The summed E-state index contributed by atoms with van der Waals surface area (Å²) in [5.74, 6) is -1.43. The number of hydrogen-bond donors (Lipinski definition) is 3. The highest BCUT2D eigenvalue weighted by Crippen LogP contribution is 2.33. The van der Waals surface area contributed by atoms with E-state index in [0.717, 1.165) is 12.1 Å². The average molecular weight is 273 g/mol. The lowest BCUT2D eigenvalue weighted by atomic mass is 10.0. The van der Waals surface area contributed by atoms with Crippen LogP contribution in [0.1, 0.15) is 15.9 Å². The van der Waals surface area contributed by atoms with E-state index < -0.39 is 17.3 Å². The number of phenolic OH excluding ortho intramolecular Hbond substituents is 3. The van der Waals surface area contributed by atoms with Gasteiger partial charge in [-0.3, -0.25) is 4.79 Å². The fourth-order valence-corrected chi connectivity index (χ4v) is 1.82. The second-order valence-corrected chi connectivity index (χ2v) is 4.22. The Morgan fingerprint density at radius 3 is 2.05 bits per heavy atom. The van der Waals surface area contributed by atoms with E-state index in [0.29, 0.717) is 5.56 Å². The van der Waals surface area contributed by atoms with Crippen molar-refractivity contribution in [2.24, 2.45) is 5.18 Å². The maximum absolute atomic E-state index is 12.0. The van der Waals surface area contributed by atoms with Gasteiger partial charge in [0.1, 0.15) is 28.5 Å². The first-order valence-corrected chi connectivity index (χ1v) is 5.71. The standard InChI is InChI=1S/C14H11NO5/c16-10-3-1-8(2-4-10)5-11(17)14-12(18)6-9(15-20)7-13(14)19/h1-4,6-7,16,18-19H,5H2. The lowest BCUT2D eigenvalue weighted by Crippen LogP contribution is -2.04. The topological polar surface area (TPSA) is 107 Å². The summed E-state index contributed by atoms with van der Waals surface area (Å²) in [4.78, 5) is 22.4. The van der Waals surface area contributed by atoms with Gasteiger partial charge >= 0.3 is 0 Å². The molecule has 0 radical (unpaired) electrons. The minimum absolute atomic E-state index is 0.0603. The molecule has 0 aliphatic carbocycles. The number of nitroso groups, excluding NO2 is 1. The zero-order chi connectivity index (χ0) is 14.7. The van der Waals surface area contributed by atoms with Gasteiger partial charge in [-0.25, -0.2) is 0 Å². The van der Waals surface area contributed by atoms with Gasteiger partial charge in [-0.2, -0.15) is 0 Å². The summed E-state index contributed by atoms with van der Waals surface area (Å²) >= 11 is 0. The highest BCUT2D eigenvalue weighted by atomic mass is 16.3. The minimum Gasteiger partial charge on any atom is -0.508 e. The highest BCUT2D eigenvalue weighted by Gasteiger charge is 2.18. The maximum atomic E-state index is 12.0. The summed E-state index contributed by atoms with van der Waals surface area (Å²) in [7, 11) is 0. The molecule has 0 spiro atoms. The summed E-state index contributed by atoms with van der Waals surface area (Å²) in [6.45, 7) is 0. The lowest BCUT2D eigenvalue weighted by Gasteiger charge is -2.07. The van der Waals surface area contributed by atoms with Crippen molar-refractivity contribution in [1.82, 2.24) is 0 Å². The van der Waals surface area contributed by atoms with Gasteiger partial charge < -0.3 is 15.3 Å². The summed E-state index contributed by atoms with van der Waals surface area (Å²) in [5.41, 5.74) is 0.191. The van der Waals surface area contributed by atoms with Crippen LogP contribution in [0.25, 0.3) is 0 Å². The van der Waals surface area contributed by atoms with E-state index >= 15 is 0 Å². The van der Waals surface area contributed by atoms with Gasteiger partial charge in [0, 0.05) is 18.6 Å². The molecule has 6 nitrogen and oxygen atoms in total. The summed E-state index contributed by atoms with van der Waals surface area (Å²) < 4.78 is 0. The van der Waals surface area contributed by atoms with Crippen LogP contribution in [0, 0.1) is 4.91 Å². The molecule has 2 aromatic rings. The van der Waals surface area contributed by atoms with Crippen molar-refractivity contribution in [1.29, 1.82) is 0 Å². The number of aromatic hydroxyl groups is 3. The van der Waals surface area contributed by atoms with Crippen molar-refractivity contribution >= 4 is 11.5 Å². The van der Waals surface area contributed by atoms with Crippen LogP contribution >= 0.6 is 0 Å². The van der Waals surface area contributed by atoms with E-state index in [1.807, 2.05) is 0 Å². The maximum Gasteiger partial charge on any atom is 0.174 e. The summed E-state index contributed by atoms with van der Waals surface area (Å²) in [5, 5.41) is 31.1. The van der Waals surface area contributed by atoms with Crippen molar-refractivity contribution in [3.8, 4) is 17.2 Å². The normalized spacial score (nSPS) is 10.2. The first-order valence-electron chi connectivity index (χ1n) is 5.71. The molecule has 2 rings (SSSR count). The molecule has 0 atom stereocenters. The quantitative estimate of drug-likeness (QED) is 0.586. The molecule has 0 saturated carbocycles. The van der Waals surface area contributed by atoms with E-state index in [1.165, 1.54) is 12.1 Å². The van der Waals surface area contributed by atoms with Gasteiger partial charge in [0.15, 0.2) is 5.78 Å². The van der Waals surface area contributed by atoms with Crippen LogP contribution in [-0.4, -0.2) is 21.1 Å². The molecule has 0 aliphatic heterocycles. The van der Waals surface area contributed by atoms with E-state index in [4.69, 9.17) is 5.11 Å². The van der Waals surface area contributed by atoms with Crippen LogP contribution in [0.2, 0.25) is 0 Å². The van der Waals surface area contributed by atoms with Gasteiger partial charge in [-0.05, 0) is 22.9 Å². The van der Waals surface area contributed by atoms with Gasteiger partial charge in [-0.1, -0.05) is 12.1 Å². The smallest absolute Gasteiger partial charge is 0.174 e.